The molecule has 47 heavy (non-hydrogen) atoms. The quantitative estimate of drug-likeness (QED) is 0.126. The van der Waals surface area contributed by atoms with E-state index in [0.717, 1.165) is 56.0 Å². The van der Waals surface area contributed by atoms with Gasteiger partial charge in [-0.05, 0) is 110 Å². The van der Waals surface area contributed by atoms with Gasteiger partial charge in [-0.3, -0.25) is 4.79 Å². The van der Waals surface area contributed by atoms with E-state index in [2.05, 4.69) is 131 Å². The predicted molar refractivity (Wildman–Crippen MR) is 199 cm³/mol. The highest BCUT2D eigenvalue weighted by Crippen LogP contribution is 2.38. The summed E-state index contributed by atoms with van der Waals surface area (Å²) in [5.74, 6) is 0. The fraction of sp³-hybridized carbons (Fsp3) is 0.205. The number of hydrogen-bond donors (Lipinski definition) is 0. The van der Waals surface area contributed by atoms with Gasteiger partial charge in [0.05, 0.1) is 6.26 Å². The Morgan fingerprint density at radius 2 is 1.09 bits per heavy atom. The Morgan fingerprint density at radius 1 is 0.574 bits per heavy atom. The van der Waals surface area contributed by atoms with Crippen molar-refractivity contribution in [2.24, 2.45) is 0 Å². The van der Waals surface area contributed by atoms with Crippen molar-refractivity contribution < 1.29 is 9.53 Å². The van der Waals surface area contributed by atoms with Crippen LogP contribution in [0, 0.1) is 0 Å². The van der Waals surface area contributed by atoms with E-state index < -0.39 is 0 Å². The smallest absolute Gasteiger partial charge is 0.150 e. The zero-order valence-corrected chi connectivity index (χ0v) is 28.2. The van der Waals surface area contributed by atoms with E-state index in [-0.39, 0.29) is 10.8 Å². The largest absolute Gasteiger partial charge is 0.496 e. The molecular formula is C44H43NO2. The second-order valence-corrected chi connectivity index (χ2v) is 14.3. The molecule has 236 valence electrons. The van der Waals surface area contributed by atoms with E-state index in [9.17, 15) is 4.79 Å². The van der Waals surface area contributed by atoms with Gasteiger partial charge in [-0.1, -0.05) is 108 Å². The van der Waals surface area contributed by atoms with Crippen molar-refractivity contribution >= 4 is 51.0 Å². The van der Waals surface area contributed by atoms with Crippen molar-refractivity contribution in [3.05, 3.63) is 155 Å². The highest BCUT2D eigenvalue weighted by molar-refractivity contribution is 5.91. The molecule has 6 rings (SSSR count). The van der Waals surface area contributed by atoms with Gasteiger partial charge in [-0.15, -0.1) is 0 Å². The predicted octanol–water partition coefficient (Wildman–Crippen LogP) is 12.1. The van der Waals surface area contributed by atoms with Gasteiger partial charge in [0, 0.05) is 28.2 Å². The summed E-state index contributed by atoms with van der Waals surface area (Å²) in [6.07, 6.45) is 4.58. The lowest BCUT2D eigenvalue weighted by molar-refractivity contribution is 0.112. The van der Waals surface area contributed by atoms with Crippen molar-refractivity contribution in [3.63, 3.8) is 0 Å². The molecule has 6 aromatic rings. The molecule has 3 nitrogen and oxygen atoms in total. The molecule has 6 aromatic carbocycles. The summed E-state index contributed by atoms with van der Waals surface area (Å²) in [6.45, 7) is 13.8. The average Bonchev–Trinajstić information content (AvgIpc) is 3.06. The number of ether oxygens (including phenoxy) is 1. The zero-order valence-electron chi connectivity index (χ0n) is 28.2. The third kappa shape index (κ3) is 7.15. The van der Waals surface area contributed by atoms with Crippen LogP contribution < -0.4 is 4.90 Å². The molecule has 0 atom stereocenters. The second kappa shape index (κ2) is 12.9. The maximum absolute atomic E-state index is 11.7. The van der Waals surface area contributed by atoms with E-state index >= 15 is 0 Å². The van der Waals surface area contributed by atoms with E-state index in [1.807, 2.05) is 42.5 Å². The Labute approximate surface area is 279 Å². The second-order valence-electron chi connectivity index (χ2n) is 14.3. The van der Waals surface area contributed by atoms with Crippen molar-refractivity contribution in [1.82, 2.24) is 0 Å². The molecule has 0 radical (unpaired) electrons. The number of nitrogens with zero attached hydrogens (tertiary/aromatic N) is 1. The maximum atomic E-state index is 11.7. The number of rotatable bonds is 8. The van der Waals surface area contributed by atoms with Crippen molar-refractivity contribution in [2.45, 2.75) is 59.0 Å². The zero-order chi connectivity index (χ0) is 33.2. The Balaban J connectivity index is 1.25. The van der Waals surface area contributed by atoms with Gasteiger partial charge in [0.1, 0.15) is 12.9 Å². The Kier molecular flexibility index (Phi) is 8.75. The van der Waals surface area contributed by atoms with Crippen LogP contribution in [0.15, 0.2) is 128 Å². The van der Waals surface area contributed by atoms with Crippen LogP contribution in [0.5, 0.6) is 0 Å². The Hall–Kier alpha value is -5.15. The molecule has 0 saturated heterocycles. The number of carbonyl (C=O) groups excluding carboxylic acids is 1. The van der Waals surface area contributed by atoms with Gasteiger partial charge < -0.3 is 9.64 Å². The molecule has 0 N–H and O–H groups in total. The maximum Gasteiger partial charge on any atom is 0.150 e. The Morgan fingerprint density at radius 3 is 1.66 bits per heavy atom. The van der Waals surface area contributed by atoms with Crippen molar-refractivity contribution in [1.29, 1.82) is 0 Å². The van der Waals surface area contributed by atoms with Gasteiger partial charge in [-0.25, -0.2) is 0 Å². The first kappa shape index (κ1) is 31.8. The normalized spacial score (nSPS) is 12.1. The SMILES string of the molecule is CC(C)(C)c1ccc(N(c2ccc(C(C)(C)C)cc2)c2ccc3cc(C=COCc4cc5ccccc5cc4C=O)ccc3c2)cc1. The van der Waals surface area contributed by atoms with Crippen molar-refractivity contribution in [2.75, 3.05) is 4.90 Å². The first-order valence-corrected chi connectivity index (χ1v) is 16.3. The summed E-state index contributed by atoms with van der Waals surface area (Å²) < 4.78 is 5.89. The molecule has 0 unspecified atom stereocenters. The minimum Gasteiger partial charge on any atom is -0.496 e. The number of benzene rings is 6. The minimum atomic E-state index is 0.0900. The topological polar surface area (TPSA) is 29.5 Å². The number of carbonyl (C=O) groups is 1. The van der Waals surface area contributed by atoms with Gasteiger partial charge in [0.25, 0.3) is 0 Å². The number of hydrogen-bond acceptors (Lipinski definition) is 3. The highest BCUT2D eigenvalue weighted by atomic mass is 16.5. The monoisotopic (exact) mass is 617 g/mol. The third-order valence-corrected chi connectivity index (χ3v) is 8.82. The summed E-state index contributed by atoms with van der Waals surface area (Å²) in [7, 11) is 0. The van der Waals surface area contributed by atoms with Crippen LogP contribution in [-0.2, 0) is 22.2 Å². The molecule has 0 amide bonds. The first-order chi connectivity index (χ1) is 22.5. The molecule has 0 bridgehead atoms. The lowest BCUT2D eigenvalue weighted by Crippen LogP contribution is -2.14. The van der Waals surface area contributed by atoms with Crippen LogP contribution in [0.3, 0.4) is 0 Å². The number of anilines is 3. The van der Waals surface area contributed by atoms with Gasteiger partial charge in [0.15, 0.2) is 0 Å². The molecule has 0 fully saturated rings. The van der Waals surface area contributed by atoms with E-state index in [1.54, 1.807) is 6.26 Å². The average molecular weight is 618 g/mol. The van der Waals surface area contributed by atoms with Crippen LogP contribution in [-0.4, -0.2) is 6.29 Å². The fourth-order valence-electron chi connectivity index (χ4n) is 5.97. The third-order valence-electron chi connectivity index (χ3n) is 8.82. The first-order valence-electron chi connectivity index (χ1n) is 16.3. The molecular weight excluding hydrogens is 574 g/mol. The molecule has 0 saturated carbocycles. The summed E-state index contributed by atoms with van der Waals surface area (Å²) in [6, 6.07) is 43.0. The van der Waals surface area contributed by atoms with Crippen LogP contribution in [0.4, 0.5) is 17.1 Å². The lowest BCUT2D eigenvalue weighted by atomic mass is 9.86. The van der Waals surface area contributed by atoms with Crippen molar-refractivity contribution in [3.8, 4) is 0 Å². The molecule has 3 heteroatoms. The number of aldehydes is 1. The molecule has 0 aliphatic heterocycles. The summed E-state index contributed by atoms with van der Waals surface area (Å²) in [4.78, 5) is 14.0. The minimum absolute atomic E-state index is 0.0900. The fourth-order valence-corrected chi connectivity index (χ4v) is 5.97. The van der Waals surface area contributed by atoms with Crippen LogP contribution >= 0.6 is 0 Å². The molecule has 0 spiro atoms. The summed E-state index contributed by atoms with van der Waals surface area (Å²) >= 11 is 0. The van der Waals surface area contributed by atoms with E-state index in [1.165, 1.54) is 11.1 Å². The molecule has 0 aliphatic carbocycles. The van der Waals surface area contributed by atoms with E-state index in [0.29, 0.717) is 12.2 Å². The highest BCUT2D eigenvalue weighted by Gasteiger charge is 2.18. The van der Waals surface area contributed by atoms with Gasteiger partial charge >= 0.3 is 0 Å². The standard InChI is InChI=1S/C44H43NO2/c1-43(2,3)38-14-19-40(20-15-38)45(41-21-16-39(17-22-41)44(4,5)6)42-18-13-34-25-31(11-12-35(34)28-42)23-24-47-30-37-27-33-10-8-7-9-32(33)26-36(37)29-46/h7-29H,30H2,1-6H3. The number of fused-ring (bicyclic) bond motifs is 2. The van der Waals surface area contributed by atoms with Crippen LogP contribution in [0.1, 0.15) is 74.2 Å². The molecule has 0 aromatic heterocycles. The molecule has 0 heterocycles. The summed E-state index contributed by atoms with van der Waals surface area (Å²) in [5.41, 5.74) is 8.75. The summed E-state index contributed by atoms with van der Waals surface area (Å²) in [5, 5.41) is 4.46. The van der Waals surface area contributed by atoms with Crippen LogP contribution in [0.2, 0.25) is 0 Å². The van der Waals surface area contributed by atoms with E-state index in [4.69, 9.17) is 4.74 Å². The Bertz CT molecular complexity index is 2000. The van der Waals surface area contributed by atoms with Gasteiger partial charge in [0.2, 0.25) is 0 Å². The lowest BCUT2D eigenvalue weighted by Gasteiger charge is -2.28. The molecule has 0 aliphatic rings. The van der Waals surface area contributed by atoms with Crippen LogP contribution in [0.25, 0.3) is 27.6 Å². The van der Waals surface area contributed by atoms with Gasteiger partial charge in [-0.2, -0.15) is 0 Å².